The summed E-state index contributed by atoms with van der Waals surface area (Å²) in [4.78, 5) is 12.1. The molecule has 0 bridgehead atoms. The van der Waals surface area contributed by atoms with Gasteiger partial charge in [0.15, 0.2) is 0 Å². The monoisotopic (exact) mass is 255 g/mol. The number of nitrogens with zero attached hydrogens (tertiary/aromatic N) is 1. The first-order chi connectivity index (χ1) is 9.13. The quantitative estimate of drug-likeness (QED) is 0.866. The minimum Gasteiger partial charge on any atom is -0.344 e. The van der Waals surface area contributed by atoms with Crippen LogP contribution in [0.15, 0.2) is 24.3 Å². The first kappa shape index (κ1) is 12.0. The summed E-state index contributed by atoms with van der Waals surface area (Å²) in [6.45, 7) is 3.98. The zero-order valence-electron chi connectivity index (χ0n) is 11.2. The molecule has 4 nitrogen and oxygen atoms in total. The number of fused-ring (bicyclic) bond motifs is 1. The van der Waals surface area contributed by atoms with Crippen LogP contribution in [0.2, 0.25) is 0 Å². The molecule has 1 aromatic carbocycles. The van der Waals surface area contributed by atoms with E-state index in [1.807, 2.05) is 6.92 Å². The van der Waals surface area contributed by atoms with Crippen molar-refractivity contribution in [1.82, 2.24) is 15.5 Å². The summed E-state index contributed by atoms with van der Waals surface area (Å²) in [5.74, 6) is -0.109. The van der Waals surface area contributed by atoms with Gasteiger partial charge in [0.1, 0.15) is 5.69 Å². The normalized spacial score (nSPS) is 17.3. The number of H-pyrrole nitrogens is 1. The van der Waals surface area contributed by atoms with Crippen LogP contribution in [0.25, 0.3) is 0 Å². The second kappa shape index (κ2) is 4.53. The maximum absolute atomic E-state index is 12.1. The minimum absolute atomic E-state index is 0.109. The summed E-state index contributed by atoms with van der Waals surface area (Å²) >= 11 is 0. The Balaban J connectivity index is 1.78. The van der Waals surface area contributed by atoms with Crippen LogP contribution in [0.3, 0.4) is 0 Å². The molecule has 1 amide bonds. The highest BCUT2D eigenvalue weighted by Gasteiger charge is 2.24. The van der Waals surface area contributed by atoms with Crippen molar-refractivity contribution in [3.63, 3.8) is 0 Å². The van der Waals surface area contributed by atoms with Crippen LogP contribution in [-0.2, 0) is 6.42 Å². The fourth-order valence-corrected chi connectivity index (χ4v) is 2.66. The highest BCUT2D eigenvalue weighted by Crippen LogP contribution is 2.31. The van der Waals surface area contributed by atoms with E-state index < -0.39 is 0 Å². The lowest BCUT2D eigenvalue weighted by molar-refractivity contribution is 0.0931. The van der Waals surface area contributed by atoms with E-state index in [1.165, 1.54) is 16.7 Å². The molecule has 3 rings (SSSR count). The third kappa shape index (κ3) is 2.26. The third-order valence-corrected chi connectivity index (χ3v) is 3.62. The van der Waals surface area contributed by atoms with Crippen molar-refractivity contribution in [3.05, 3.63) is 52.3 Å². The first-order valence-corrected chi connectivity index (χ1v) is 6.56. The highest BCUT2D eigenvalue weighted by molar-refractivity contribution is 5.92. The van der Waals surface area contributed by atoms with Crippen molar-refractivity contribution >= 4 is 5.91 Å². The average molecular weight is 255 g/mol. The zero-order chi connectivity index (χ0) is 13.4. The molecule has 1 aliphatic rings. The van der Waals surface area contributed by atoms with E-state index in [1.54, 1.807) is 6.07 Å². The van der Waals surface area contributed by atoms with Crippen LogP contribution >= 0.6 is 0 Å². The van der Waals surface area contributed by atoms with Crippen molar-refractivity contribution in [3.8, 4) is 0 Å². The van der Waals surface area contributed by atoms with E-state index in [-0.39, 0.29) is 11.9 Å². The summed E-state index contributed by atoms with van der Waals surface area (Å²) in [5.41, 5.74) is 5.22. The van der Waals surface area contributed by atoms with Gasteiger partial charge in [0.05, 0.1) is 6.04 Å². The predicted molar refractivity (Wildman–Crippen MR) is 73.0 cm³/mol. The number of hydrogen-bond donors (Lipinski definition) is 2. The Morgan fingerprint density at radius 3 is 2.95 bits per heavy atom. The number of carbonyl (C=O) groups excluding carboxylic acids is 1. The van der Waals surface area contributed by atoms with Gasteiger partial charge in [-0.1, -0.05) is 23.8 Å². The van der Waals surface area contributed by atoms with E-state index >= 15 is 0 Å². The Kier molecular flexibility index (Phi) is 2.85. The van der Waals surface area contributed by atoms with Crippen LogP contribution in [0.1, 0.15) is 45.3 Å². The summed E-state index contributed by atoms with van der Waals surface area (Å²) in [5, 5.41) is 9.84. The third-order valence-electron chi connectivity index (χ3n) is 3.62. The molecule has 19 heavy (non-hydrogen) atoms. The molecule has 1 atom stereocenters. The molecule has 0 aliphatic heterocycles. The molecule has 0 unspecified atom stereocenters. The van der Waals surface area contributed by atoms with Crippen LogP contribution in [-0.4, -0.2) is 16.1 Å². The molecule has 0 saturated carbocycles. The Morgan fingerprint density at radius 1 is 1.37 bits per heavy atom. The van der Waals surface area contributed by atoms with E-state index in [9.17, 15) is 4.79 Å². The summed E-state index contributed by atoms with van der Waals surface area (Å²) in [7, 11) is 0. The Bertz CT molecular complexity index is 630. The topological polar surface area (TPSA) is 57.8 Å². The second-order valence-corrected chi connectivity index (χ2v) is 5.20. The van der Waals surface area contributed by atoms with Gasteiger partial charge in [0.25, 0.3) is 5.91 Å². The summed E-state index contributed by atoms with van der Waals surface area (Å²) in [6, 6.07) is 8.31. The first-order valence-electron chi connectivity index (χ1n) is 6.56. The lowest BCUT2D eigenvalue weighted by Gasteiger charge is -2.13. The molecule has 2 N–H and O–H groups in total. The lowest BCUT2D eigenvalue weighted by atomic mass is 10.1. The SMILES string of the molecule is Cc1ccc2c(c1)CC[C@H]2NC(=O)c1cc(C)[nH]n1. The Labute approximate surface area is 112 Å². The number of rotatable bonds is 2. The van der Waals surface area contributed by atoms with Crippen molar-refractivity contribution in [2.45, 2.75) is 32.7 Å². The molecular formula is C15H17N3O. The Hall–Kier alpha value is -2.10. The Morgan fingerprint density at radius 2 is 2.21 bits per heavy atom. The van der Waals surface area contributed by atoms with Gasteiger partial charge in [-0.05, 0) is 43.9 Å². The van der Waals surface area contributed by atoms with Gasteiger partial charge < -0.3 is 5.32 Å². The van der Waals surface area contributed by atoms with E-state index in [4.69, 9.17) is 0 Å². The van der Waals surface area contributed by atoms with Gasteiger partial charge in [0.2, 0.25) is 0 Å². The smallest absolute Gasteiger partial charge is 0.272 e. The molecule has 0 radical (unpaired) electrons. The number of aromatic nitrogens is 2. The zero-order valence-corrected chi connectivity index (χ0v) is 11.2. The van der Waals surface area contributed by atoms with E-state index in [0.717, 1.165) is 18.5 Å². The van der Waals surface area contributed by atoms with Gasteiger partial charge in [-0.15, -0.1) is 0 Å². The number of aromatic amines is 1. The van der Waals surface area contributed by atoms with Gasteiger partial charge in [-0.2, -0.15) is 5.10 Å². The molecule has 4 heteroatoms. The predicted octanol–water partition coefficient (Wildman–Crippen LogP) is 2.44. The van der Waals surface area contributed by atoms with Crippen molar-refractivity contribution in [2.24, 2.45) is 0 Å². The van der Waals surface area contributed by atoms with E-state index in [0.29, 0.717) is 5.69 Å². The number of benzene rings is 1. The largest absolute Gasteiger partial charge is 0.344 e. The fourth-order valence-electron chi connectivity index (χ4n) is 2.66. The molecular weight excluding hydrogens is 238 g/mol. The number of nitrogens with one attached hydrogen (secondary N) is 2. The van der Waals surface area contributed by atoms with Crippen LogP contribution in [0.4, 0.5) is 0 Å². The number of hydrogen-bond acceptors (Lipinski definition) is 2. The molecule has 1 aromatic heterocycles. The molecule has 0 saturated heterocycles. The summed E-state index contributed by atoms with van der Waals surface area (Å²) < 4.78 is 0. The molecule has 0 fully saturated rings. The highest BCUT2D eigenvalue weighted by atomic mass is 16.2. The van der Waals surface area contributed by atoms with E-state index in [2.05, 4.69) is 40.6 Å². The van der Waals surface area contributed by atoms with Crippen LogP contribution in [0, 0.1) is 13.8 Å². The fraction of sp³-hybridized carbons (Fsp3) is 0.333. The van der Waals surface area contributed by atoms with Crippen LogP contribution < -0.4 is 5.32 Å². The number of carbonyl (C=O) groups is 1. The minimum atomic E-state index is -0.109. The average Bonchev–Trinajstić information content (AvgIpc) is 2.96. The van der Waals surface area contributed by atoms with Gasteiger partial charge in [-0.25, -0.2) is 0 Å². The van der Waals surface area contributed by atoms with Crippen molar-refractivity contribution in [2.75, 3.05) is 0 Å². The molecule has 1 heterocycles. The molecule has 2 aromatic rings. The van der Waals surface area contributed by atoms with Gasteiger partial charge >= 0.3 is 0 Å². The maximum atomic E-state index is 12.1. The molecule has 98 valence electrons. The van der Waals surface area contributed by atoms with Crippen molar-refractivity contribution < 1.29 is 4.79 Å². The number of amides is 1. The van der Waals surface area contributed by atoms with Crippen molar-refractivity contribution in [1.29, 1.82) is 0 Å². The molecule has 0 spiro atoms. The maximum Gasteiger partial charge on any atom is 0.272 e. The lowest BCUT2D eigenvalue weighted by Crippen LogP contribution is -2.27. The van der Waals surface area contributed by atoms with Crippen LogP contribution in [0.5, 0.6) is 0 Å². The standard InChI is InChI=1S/C15H17N3O/c1-9-3-5-12-11(7-9)4-6-13(12)16-15(19)14-8-10(2)17-18-14/h3,5,7-8,13H,4,6H2,1-2H3,(H,16,19)(H,17,18)/t13-/m1/s1. The summed E-state index contributed by atoms with van der Waals surface area (Å²) in [6.07, 6.45) is 2.00. The number of aryl methyl sites for hydroxylation is 3. The van der Waals surface area contributed by atoms with Gasteiger partial charge in [-0.3, -0.25) is 9.89 Å². The second-order valence-electron chi connectivity index (χ2n) is 5.20. The molecule has 1 aliphatic carbocycles. The van der Waals surface area contributed by atoms with Gasteiger partial charge in [0, 0.05) is 5.69 Å².